The molecule has 1 heterocycles. The number of carbonyl (C=O) groups is 2. The van der Waals surface area contributed by atoms with Crippen LogP contribution in [0.25, 0.3) is 0 Å². The lowest BCUT2D eigenvalue weighted by atomic mass is 10.3. The summed E-state index contributed by atoms with van der Waals surface area (Å²) >= 11 is 0. The fourth-order valence-electron chi connectivity index (χ4n) is 2.50. The maximum absolute atomic E-state index is 12.0. The van der Waals surface area contributed by atoms with E-state index in [1.165, 1.54) is 12.8 Å². The smallest absolute Gasteiger partial charge is 0.236 e. The molecule has 0 spiro atoms. The zero-order chi connectivity index (χ0) is 15.1. The molecule has 2 fully saturated rings. The van der Waals surface area contributed by atoms with Gasteiger partial charge in [0, 0.05) is 32.7 Å². The number of nitrogens with one attached hydrogen (secondary N) is 2. The van der Waals surface area contributed by atoms with Gasteiger partial charge in [-0.05, 0) is 31.7 Å². The number of carbonyl (C=O) groups excluding carboxylic acids is 2. The number of amides is 2. The second-order valence-electron chi connectivity index (χ2n) is 6.08. The molecule has 0 radical (unpaired) electrons. The van der Waals surface area contributed by atoms with Gasteiger partial charge in [0.25, 0.3) is 0 Å². The number of hydrogen-bond acceptors (Lipinski definition) is 4. The van der Waals surface area contributed by atoms with Crippen molar-refractivity contribution in [1.29, 1.82) is 0 Å². The fraction of sp³-hybridized carbons (Fsp3) is 0.867. The average Bonchev–Trinajstić information content (AvgIpc) is 3.30. The summed E-state index contributed by atoms with van der Waals surface area (Å²) in [7, 11) is 0. The molecular formula is C15H28N4O2. The van der Waals surface area contributed by atoms with Crippen molar-refractivity contribution in [3.05, 3.63) is 0 Å². The van der Waals surface area contributed by atoms with Crippen molar-refractivity contribution < 1.29 is 9.59 Å². The first-order valence-electron chi connectivity index (χ1n) is 8.16. The van der Waals surface area contributed by atoms with E-state index in [2.05, 4.69) is 15.5 Å². The van der Waals surface area contributed by atoms with Crippen LogP contribution < -0.4 is 10.6 Å². The number of nitrogens with zero attached hydrogens (tertiary/aromatic N) is 2. The van der Waals surface area contributed by atoms with Crippen LogP contribution in [-0.2, 0) is 9.59 Å². The third-order valence-corrected chi connectivity index (χ3v) is 4.07. The van der Waals surface area contributed by atoms with Gasteiger partial charge in [0.1, 0.15) is 0 Å². The monoisotopic (exact) mass is 296 g/mol. The molecule has 120 valence electrons. The minimum atomic E-state index is 0.0859. The fourth-order valence-corrected chi connectivity index (χ4v) is 2.50. The van der Waals surface area contributed by atoms with E-state index >= 15 is 0 Å². The molecule has 2 N–H and O–H groups in total. The second kappa shape index (κ2) is 8.34. The van der Waals surface area contributed by atoms with Gasteiger partial charge in [-0.25, -0.2) is 0 Å². The van der Waals surface area contributed by atoms with Crippen LogP contribution in [0.2, 0.25) is 0 Å². The predicted octanol–water partition coefficient (Wildman–Crippen LogP) is -0.344. The normalized spacial score (nSPS) is 19.6. The molecule has 0 aromatic heterocycles. The van der Waals surface area contributed by atoms with Crippen LogP contribution in [-0.4, -0.2) is 74.0 Å². The first kappa shape index (κ1) is 16.2. The van der Waals surface area contributed by atoms with Crippen LogP contribution >= 0.6 is 0 Å². The summed E-state index contributed by atoms with van der Waals surface area (Å²) in [6, 6.07) is 0. The highest BCUT2D eigenvalue weighted by atomic mass is 16.2. The summed E-state index contributed by atoms with van der Waals surface area (Å²) in [4.78, 5) is 27.7. The summed E-state index contributed by atoms with van der Waals surface area (Å²) < 4.78 is 0. The highest BCUT2D eigenvalue weighted by Gasteiger charge is 2.24. The average molecular weight is 296 g/mol. The Kier molecular flexibility index (Phi) is 6.45. The molecule has 0 aromatic carbocycles. The van der Waals surface area contributed by atoms with Crippen LogP contribution in [0, 0.1) is 5.92 Å². The van der Waals surface area contributed by atoms with E-state index < -0.39 is 0 Å². The van der Waals surface area contributed by atoms with Gasteiger partial charge in [0.15, 0.2) is 0 Å². The van der Waals surface area contributed by atoms with Gasteiger partial charge < -0.3 is 15.5 Å². The van der Waals surface area contributed by atoms with Crippen LogP contribution in [0.5, 0.6) is 0 Å². The maximum atomic E-state index is 12.0. The highest BCUT2D eigenvalue weighted by Crippen LogP contribution is 2.27. The second-order valence-corrected chi connectivity index (χ2v) is 6.08. The predicted molar refractivity (Wildman–Crippen MR) is 81.9 cm³/mol. The molecule has 6 nitrogen and oxygen atoms in total. The van der Waals surface area contributed by atoms with Crippen molar-refractivity contribution >= 4 is 11.8 Å². The molecular weight excluding hydrogens is 268 g/mol. The van der Waals surface area contributed by atoms with Gasteiger partial charge in [-0.2, -0.15) is 0 Å². The quantitative estimate of drug-likeness (QED) is 0.643. The SMILES string of the molecule is CCCNC(=O)CN1CCN(C(=O)CNCC2CC2)CC1. The van der Waals surface area contributed by atoms with E-state index in [9.17, 15) is 9.59 Å². The van der Waals surface area contributed by atoms with Crippen LogP contribution in [0.4, 0.5) is 0 Å². The largest absolute Gasteiger partial charge is 0.355 e. The third-order valence-electron chi connectivity index (χ3n) is 4.07. The van der Waals surface area contributed by atoms with Gasteiger partial charge in [0.2, 0.25) is 11.8 Å². The van der Waals surface area contributed by atoms with Gasteiger partial charge in [0.05, 0.1) is 13.1 Å². The van der Waals surface area contributed by atoms with Crippen molar-refractivity contribution in [3.8, 4) is 0 Å². The Morgan fingerprint density at radius 3 is 2.48 bits per heavy atom. The van der Waals surface area contributed by atoms with Crippen molar-refractivity contribution in [1.82, 2.24) is 20.4 Å². The Labute approximate surface area is 127 Å². The molecule has 0 unspecified atom stereocenters. The molecule has 0 bridgehead atoms. The lowest BCUT2D eigenvalue weighted by Gasteiger charge is -2.34. The van der Waals surface area contributed by atoms with Gasteiger partial charge in [-0.3, -0.25) is 14.5 Å². The molecule has 2 aliphatic rings. The topological polar surface area (TPSA) is 64.7 Å². The Morgan fingerprint density at radius 2 is 1.86 bits per heavy atom. The maximum Gasteiger partial charge on any atom is 0.236 e. The van der Waals surface area contributed by atoms with Gasteiger partial charge >= 0.3 is 0 Å². The zero-order valence-electron chi connectivity index (χ0n) is 13.1. The standard InChI is InChI=1S/C15H28N4O2/c1-2-5-17-14(20)12-18-6-8-19(9-7-18)15(21)11-16-10-13-3-4-13/h13,16H,2-12H2,1H3,(H,17,20). The zero-order valence-corrected chi connectivity index (χ0v) is 13.1. The Bertz CT molecular complexity index is 350. The van der Waals surface area contributed by atoms with E-state index in [1.807, 2.05) is 11.8 Å². The third kappa shape index (κ3) is 6.01. The minimum Gasteiger partial charge on any atom is -0.355 e. The van der Waals surface area contributed by atoms with Crippen LogP contribution in [0.15, 0.2) is 0 Å². The van der Waals surface area contributed by atoms with E-state index in [0.717, 1.165) is 51.6 Å². The lowest BCUT2D eigenvalue weighted by Crippen LogP contribution is -2.52. The Hall–Kier alpha value is -1.14. The van der Waals surface area contributed by atoms with Crippen LogP contribution in [0.1, 0.15) is 26.2 Å². The van der Waals surface area contributed by atoms with Crippen LogP contribution in [0.3, 0.4) is 0 Å². The molecule has 2 rings (SSSR count). The molecule has 2 amide bonds. The van der Waals surface area contributed by atoms with E-state index in [-0.39, 0.29) is 11.8 Å². The van der Waals surface area contributed by atoms with Crippen molar-refractivity contribution in [2.24, 2.45) is 5.92 Å². The number of hydrogen-bond donors (Lipinski definition) is 2. The highest BCUT2D eigenvalue weighted by molar-refractivity contribution is 5.79. The summed E-state index contributed by atoms with van der Waals surface area (Å²) in [6.45, 7) is 7.68. The molecule has 6 heteroatoms. The van der Waals surface area contributed by atoms with Crippen molar-refractivity contribution in [3.63, 3.8) is 0 Å². The Balaban J connectivity index is 1.58. The van der Waals surface area contributed by atoms with E-state index in [0.29, 0.717) is 13.1 Å². The molecule has 1 saturated heterocycles. The molecule has 1 saturated carbocycles. The molecule has 0 aromatic rings. The summed E-state index contributed by atoms with van der Waals surface area (Å²) in [5.41, 5.74) is 0. The van der Waals surface area contributed by atoms with E-state index in [1.54, 1.807) is 0 Å². The van der Waals surface area contributed by atoms with Gasteiger partial charge in [-0.15, -0.1) is 0 Å². The molecule has 1 aliphatic carbocycles. The summed E-state index contributed by atoms with van der Waals surface area (Å²) in [6.07, 6.45) is 3.57. The molecule has 0 atom stereocenters. The molecule has 1 aliphatic heterocycles. The summed E-state index contributed by atoms with van der Waals surface area (Å²) in [5.74, 6) is 1.07. The first-order valence-corrected chi connectivity index (χ1v) is 8.16. The number of piperazine rings is 1. The summed E-state index contributed by atoms with van der Waals surface area (Å²) in [5, 5.41) is 6.13. The lowest BCUT2D eigenvalue weighted by molar-refractivity contribution is -0.132. The van der Waals surface area contributed by atoms with Crippen molar-refractivity contribution in [2.75, 3.05) is 52.4 Å². The first-order chi connectivity index (χ1) is 10.2. The van der Waals surface area contributed by atoms with Gasteiger partial charge in [-0.1, -0.05) is 6.92 Å². The molecule has 21 heavy (non-hydrogen) atoms. The van der Waals surface area contributed by atoms with Crippen molar-refractivity contribution in [2.45, 2.75) is 26.2 Å². The van der Waals surface area contributed by atoms with E-state index in [4.69, 9.17) is 0 Å². The number of rotatable bonds is 8. The Morgan fingerprint density at radius 1 is 1.14 bits per heavy atom. The minimum absolute atomic E-state index is 0.0859.